The van der Waals surface area contributed by atoms with Gasteiger partial charge in [-0.2, -0.15) is 0 Å². The van der Waals surface area contributed by atoms with Crippen LogP contribution in [0.25, 0.3) is 0 Å². The fourth-order valence-corrected chi connectivity index (χ4v) is 1.97. The van der Waals surface area contributed by atoms with Crippen molar-refractivity contribution in [2.24, 2.45) is 0 Å². The number of amides is 1. The second kappa shape index (κ2) is 5.62. The van der Waals surface area contributed by atoms with E-state index < -0.39 is 11.7 Å². The first kappa shape index (κ1) is 13.4. The van der Waals surface area contributed by atoms with Crippen molar-refractivity contribution in [2.75, 3.05) is 6.54 Å². The van der Waals surface area contributed by atoms with Crippen LogP contribution in [0.15, 0.2) is 12.1 Å². The van der Waals surface area contributed by atoms with Gasteiger partial charge in [0.2, 0.25) is 0 Å². The highest BCUT2D eigenvalue weighted by molar-refractivity contribution is 6.43. The zero-order chi connectivity index (χ0) is 13.0. The summed E-state index contributed by atoms with van der Waals surface area (Å²) in [6.07, 6.45) is 0.824. The van der Waals surface area contributed by atoms with E-state index in [2.05, 4.69) is 5.32 Å². The number of ketones is 1. The van der Waals surface area contributed by atoms with E-state index in [0.717, 1.165) is 23.1 Å². The van der Waals surface area contributed by atoms with Gasteiger partial charge in [0.1, 0.15) is 0 Å². The maximum Gasteiger partial charge on any atom is 0.292 e. The molecule has 3 nitrogen and oxygen atoms in total. The molecule has 0 fully saturated rings. The van der Waals surface area contributed by atoms with Crippen LogP contribution in [-0.2, 0) is 4.79 Å². The third kappa shape index (κ3) is 3.16. The number of rotatable bonds is 4. The first-order valence-electron chi connectivity index (χ1n) is 5.87. The lowest BCUT2D eigenvalue weighted by Crippen LogP contribution is -2.32. The summed E-state index contributed by atoms with van der Waals surface area (Å²) in [5.74, 6) is -0.949. The predicted octanol–water partition coefficient (Wildman–Crippen LogP) is 2.32. The smallest absolute Gasteiger partial charge is 0.292 e. The lowest BCUT2D eigenvalue weighted by atomic mass is 9.96. The van der Waals surface area contributed by atoms with Crippen molar-refractivity contribution < 1.29 is 9.59 Å². The number of Topliss-reactive ketones (excluding diaryl/α,β-unsaturated/α-hetero) is 1. The molecule has 1 aromatic carbocycles. The number of carbonyl (C=O) groups is 2. The normalized spacial score (nSPS) is 10.1. The molecule has 1 rings (SSSR count). The van der Waals surface area contributed by atoms with Gasteiger partial charge in [0.05, 0.1) is 0 Å². The summed E-state index contributed by atoms with van der Waals surface area (Å²) >= 11 is 0. The Morgan fingerprint density at radius 2 is 1.65 bits per heavy atom. The summed E-state index contributed by atoms with van der Waals surface area (Å²) in [6, 6.07) is 3.85. The van der Waals surface area contributed by atoms with E-state index in [4.69, 9.17) is 0 Å². The number of nitrogens with one attached hydrogen (secondary N) is 1. The molecular weight excluding hydrogens is 214 g/mol. The van der Waals surface area contributed by atoms with Gasteiger partial charge in [-0.1, -0.05) is 24.6 Å². The standard InChI is InChI=1S/C14H19NO2/c1-5-6-15-14(17)13(16)12-10(3)7-9(2)8-11(12)4/h7-8H,5-6H2,1-4H3,(H,15,17). The monoisotopic (exact) mass is 233 g/mol. The van der Waals surface area contributed by atoms with Crippen LogP contribution in [0.3, 0.4) is 0 Å². The topological polar surface area (TPSA) is 46.2 Å². The Morgan fingerprint density at radius 1 is 1.12 bits per heavy atom. The van der Waals surface area contributed by atoms with Crippen molar-refractivity contribution in [3.05, 3.63) is 34.4 Å². The molecule has 0 unspecified atom stereocenters. The van der Waals surface area contributed by atoms with Gasteiger partial charge < -0.3 is 5.32 Å². The van der Waals surface area contributed by atoms with Crippen LogP contribution in [0.4, 0.5) is 0 Å². The molecule has 0 heterocycles. The highest BCUT2D eigenvalue weighted by Crippen LogP contribution is 2.16. The Bertz CT molecular complexity index is 427. The van der Waals surface area contributed by atoms with E-state index in [1.165, 1.54) is 0 Å². The first-order chi connectivity index (χ1) is 7.97. The highest BCUT2D eigenvalue weighted by Gasteiger charge is 2.19. The average Bonchev–Trinajstić information content (AvgIpc) is 2.24. The first-order valence-corrected chi connectivity index (χ1v) is 5.87. The maximum absolute atomic E-state index is 12.0. The summed E-state index contributed by atoms with van der Waals surface area (Å²) in [6.45, 7) is 8.19. The fourth-order valence-electron chi connectivity index (χ4n) is 1.97. The van der Waals surface area contributed by atoms with Crippen molar-refractivity contribution in [3.8, 4) is 0 Å². The molecule has 1 N–H and O–H groups in total. The number of benzene rings is 1. The molecule has 0 saturated heterocycles. The molecule has 1 aromatic rings. The predicted molar refractivity (Wildman–Crippen MR) is 68.3 cm³/mol. The minimum Gasteiger partial charge on any atom is -0.349 e. The highest BCUT2D eigenvalue weighted by atomic mass is 16.2. The van der Waals surface area contributed by atoms with E-state index in [0.29, 0.717) is 12.1 Å². The van der Waals surface area contributed by atoms with Crippen molar-refractivity contribution in [2.45, 2.75) is 34.1 Å². The molecule has 0 aliphatic rings. The summed E-state index contributed by atoms with van der Waals surface area (Å²) in [5, 5.41) is 2.61. The van der Waals surface area contributed by atoms with Crippen molar-refractivity contribution in [1.29, 1.82) is 0 Å². The molecule has 3 heteroatoms. The molecular formula is C14H19NO2. The third-order valence-electron chi connectivity index (χ3n) is 2.65. The van der Waals surface area contributed by atoms with Crippen LogP contribution in [0.1, 0.15) is 40.4 Å². The van der Waals surface area contributed by atoms with E-state index in [-0.39, 0.29) is 0 Å². The van der Waals surface area contributed by atoms with Crippen LogP contribution < -0.4 is 5.32 Å². The Morgan fingerprint density at radius 3 is 2.12 bits per heavy atom. The second-order valence-corrected chi connectivity index (χ2v) is 4.36. The number of aryl methyl sites for hydroxylation is 3. The van der Waals surface area contributed by atoms with Gasteiger partial charge in [0.25, 0.3) is 11.7 Å². The number of hydrogen-bond acceptors (Lipinski definition) is 2. The van der Waals surface area contributed by atoms with Gasteiger partial charge in [0.15, 0.2) is 0 Å². The lowest BCUT2D eigenvalue weighted by molar-refractivity contribution is -0.117. The van der Waals surface area contributed by atoms with Gasteiger partial charge in [-0.15, -0.1) is 0 Å². The van der Waals surface area contributed by atoms with E-state index in [1.807, 2.05) is 39.8 Å². The Hall–Kier alpha value is -1.64. The van der Waals surface area contributed by atoms with Gasteiger partial charge >= 0.3 is 0 Å². The minimum atomic E-state index is -0.512. The summed E-state index contributed by atoms with van der Waals surface area (Å²) in [7, 11) is 0. The van der Waals surface area contributed by atoms with Crippen molar-refractivity contribution in [1.82, 2.24) is 5.32 Å². The molecule has 92 valence electrons. The fraction of sp³-hybridized carbons (Fsp3) is 0.429. The van der Waals surface area contributed by atoms with Crippen LogP contribution in [0.2, 0.25) is 0 Å². The Kier molecular flexibility index (Phi) is 4.44. The largest absolute Gasteiger partial charge is 0.349 e. The van der Waals surface area contributed by atoms with E-state index in [9.17, 15) is 9.59 Å². The van der Waals surface area contributed by atoms with Crippen LogP contribution in [0.5, 0.6) is 0 Å². The molecule has 17 heavy (non-hydrogen) atoms. The minimum absolute atomic E-state index is 0.437. The summed E-state index contributed by atoms with van der Waals surface area (Å²) in [5.41, 5.74) is 3.35. The quantitative estimate of drug-likeness (QED) is 0.641. The molecule has 0 radical (unpaired) electrons. The molecule has 0 bridgehead atoms. The van der Waals surface area contributed by atoms with Gasteiger partial charge in [0, 0.05) is 12.1 Å². The van der Waals surface area contributed by atoms with E-state index >= 15 is 0 Å². The molecule has 0 aliphatic heterocycles. The molecule has 0 saturated carbocycles. The third-order valence-corrected chi connectivity index (χ3v) is 2.65. The van der Waals surface area contributed by atoms with Crippen molar-refractivity contribution in [3.63, 3.8) is 0 Å². The van der Waals surface area contributed by atoms with Gasteiger partial charge in [-0.25, -0.2) is 0 Å². The van der Waals surface area contributed by atoms with Crippen LogP contribution in [0, 0.1) is 20.8 Å². The number of hydrogen-bond donors (Lipinski definition) is 1. The lowest BCUT2D eigenvalue weighted by Gasteiger charge is -2.10. The number of carbonyl (C=O) groups excluding carboxylic acids is 2. The van der Waals surface area contributed by atoms with Crippen LogP contribution in [-0.4, -0.2) is 18.2 Å². The van der Waals surface area contributed by atoms with Gasteiger partial charge in [-0.3, -0.25) is 9.59 Å². The average molecular weight is 233 g/mol. The summed E-state index contributed by atoms with van der Waals surface area (Å²) < 4.78 is 0. The Balaban J connectivity index is 3.00. The maximum atomic E-state index is 12.0. The molecule has 0 aromatic heterocycles. The molecule has 0 spiro atoms. The zero-order valence-electron chi connectivity index (χ0n) is 10.9. The van der Waals surface area contributed by atoms with Gasteiger partial charge in [-0.05, 0) is 38.3 Å². The molecule has 1 amide bonds. The Labute approximate surface area is 102 Å². The second-order valence-electron chi connectivity index (χ2n) is 4.36. The van der Waals surface area contributed by atoms with Crippen molar-refractivity contribution >= 4 is 11.7 Å². The van der Waals surface area contributed by atoms with Crippen LogP contribution >= 0.6 is 0 Å². The molecule has 0 atom stereocenters. The SMILES string of the molecule is CCCNC(=O)C(=O)c1c(C)cc(C)cc1C. The van der Waals surface area contributed by atoms with E-state index in [1.54, 1.807) is 0 Å². The zero-order valence-corrected chi connectivity index (χ0v) is 10.9. The molecule has 0 aliphatic carbocycles. The summed E-state index contributed by atoms with van der Waals surface area (Å²) in [4.78, 5) is 23.6.